The SMILES string of the molecule is Cc1nc2nc(N)n(C)c(=O)c2nc1C. The van der Waals surface area contributed by atoms with Crippen molar-refractivity contribution < 1.29 is 0 Å². The summed E-state index contributed by atoms with van der Waals surface area (Å²) in [4.78, 5) is 24.1. The number of hydrogen-bond acceptors (Lipinski definition) is 5. The summed E-state index contributed by atoms with van der Waals surface area (Å²) in [6, 6.07) is 0. The van der Waals surface area contributed by atoms with E-state index in [-0.39, 0.29) is 17.0 Å². The monoisotopic (exact) mass is 205 g/mol. The molecule has 0 atom stereocenters. The fourth-order valence-corrected chi connectivity index (χ4v) is 1.26. The van der Waals surface area contributed by atoms with E-state index in [1.807, 2.05) is 6.92 Å². The van der Waals surface area contributed by atoms with Crippen LogP contribution in [0.5, 0.6) is 0 Å². The minimum Gasteiger partial charge on any atom is -0.369 e. The molecule has 0 aromatic carbocycles. The maximum atomic E-state index is 11.8. The van der Waals surface area contributed by atoms with Gasteiger partial charge in [0.05, 0.1) is 11.4 Å². The highest BCUT2D eigenvalue weighted by molar-refractivity contribution is 5.70. The Morgan fingerprint density at radius 3 is 2.40 bits per heavy atom. The predicted octanol–water partition coefficient (Wildman–Crippen LogP) is -0.0775. The van der Waals surface area contributed by atoms with Crippen LogP contribution in [-0.2, 0) is 7.05 Å². The molecule has 0 spiro atoms. The van der Waals surface area contributed by atoms with Crippen molar-refractivity contribution in [2.45, 2.75) is 13.8 Å². The third-order valence-electron chi connectivity index (χ3n) is 2.36. The van der Waals surface area contributed by atoms with E-state index < -0.39 is 0 Å². The van der Waals surface area contributed by atoms with E-state index in [1.54, 1.807) is 14.0 Å². The molecule has 15 heavy (non-hydrogen) atoms. The molecule has 0 saturated heterocycles. The van der Waals surface area contributed by atoms with Crippen molar-refractivity contribution in [3.05, 3.63) is 21.7 Å². The molecule has 0 bridgehead atoms. The van der Waals surface area contributed by atoms with Crippen molar-refractivity contribution in [3.8, 4) is 0 Å². The van der Waals surface area contributed by atoms with Gasteiger partial charge in [-0.1, -0.05) is 0 Å². The number of aryl methyl sites for hydroxylation is 2. The molecule has 2 aromatic heterocycles. The zero-order valence-corrected chi connectivity index (χ0v) is 8.77. The predicted molar refractivity (Wildman–Crippen MR) is 56.5 cm³/mol. The highest BCUT2D eigenvalue weighted by atomic mass is 16.1. The fourth-order valence-electron chi connectivity index (χ4n) is 1.26. The molecule has 78 valence electrons. The lowest BCUT2D eigenvalue weighted by Gasteiger charge is -2.05. The summed E-state index contributed by atoms with van der Waals surface area (Å²) >= 11 is 0. The van der Waals surface area contributed by atoms with Gasteiger partial charge >= 0.3 is 0 Å². The Balaban J connectivity index is 3.00. The van der Waals surface area contributed by atoms with Crippen LogP contribution >= 0.6 is 0 Å². The van der Waals surface area contributed by atoms with Gasteiger partial charge in [0.25, 0.3) is 5.56 Å². The Kier molecular flexibility index (Phi) is 1.92. The number of rotatable bonds is 0. The maximum Gasteiger partial charge on any atom is 0.282 e. The number of fused-ring (bicyclic) bond motifs is 1. The van der Waals surface area contributed by atoms with Crippen molar-refractivity contribution in [2.75, 3.05) is 5.73 Å². The molecule has 2 rings (SSSR count). The summed E-state index contributed by atoms with van der Waals surface area (Å²) in [6.07, 6.45) is 0. The number of nitrogen functional groups attached to an aromatic ring is 1. The number of hydrogen-bond donors (Lipinski definition) is 1. The molecule has 0 fully saturated rings. The lowest BCUT2D eigenvalue weighted by molar-refractivity contribution is 0.849. The third kappa shape index (κ3) is 1.34. The van der Waals surface area contributed by atoms with Crippen LogP contribution < -0.4 is 11.3 Å². The van der Waals surface area contributed by atoms with E-state index in [9.17, 15) is 4.79 Å². The molecule has 2 aromatic rings. The van der Waals surface area contributed by atoms with Crippen molar-refractivity contribution >= 4 is 17.1 Å². The number of anilines is 1. The highest BCUT2D eigenvalue weighted by Gasteiger charge is 2.09. The van der Waals surface area contributed by atoms with Gasteiger partial charge in [-0.05, 0) is 13.8 Å². The summed E-state index contributed by atoms with van der Waals surface area (Å²) in [7, 11) is 1.56. The average Bonchev–Trinajstić information content (AvgIpc) is 2.19. The zero-order chi connectivity index (χ0) is 11.2. The van der Waals surface area contributed by atoms with Crippen LogP contribution in [0, 0.1) is 13.8 Å². The smallest absolute Gasteiger partial charge is 0.282 e. The number of aromatic nitrogens is 4. The Labute approximate surface area is 85.8 Å². The molecule has 2 N–H and O–H groups in total. The van der Waals surface area contributed by atoms with Crippen LogP contribution in [0.25, 0.3) is 11.2 Å². The van der Waals surface area contributed by atoms with Gasteiger partial charge in [0.2, 0.25) is 5.95 Å². The lowest BCUT2D eigenvalue weighted by Crippen LogP contribution is -2.23. The molecule has 0 aliphatic rings. The molecule has 6 nitrogen and oxygen atoms in total. The van der Waals surface area contributed by atoms with Crippen LogP contribution in [0.15, 0.2) is 4.79 Å². The van der Waals surface area contributed by atoms with Gasteiger partial charge in [-0.25, -0.2) is 9.97 Å². The molecule has 0 aliphatic heterocycles. The molecular weight excluding hydrogens is 194 g/mol. The van der Waals surface area contributed by atoms with E-state index in [0.717, 1.165) is 11.4 Å². The molecular formula is C9H11N5O. The standard InChI is InChI=1S/C9H11N5O/c1-4-5(2)12-7-6(11-4)8(15)14(3)9(10)13-7/h1-3H3,(H2,10,12,13). The fraction of sp³-hybridized carbons (Fsp3) is 0.333. The third-order valence-corrected chi connectivity index (χ3v) is 2.36. The van der Waals surface area contributed by atoms with Gasteiger partial charge in [0.1, 0.15) is 0 Å². The highest BCUT2D eigenvalue weighted by Crippen LogP contribution is 2.07. The Bertz CT molecular complexity index is 596. The second kappa shape index (κ2) is 3.01. The van der Waals surface area contributed by atoms with Crippen molar-refractivity contribution in [1.29, 1.82) is 0 Å². The molecule has 0 aliphatic carbocycles. The summed E-state index contributed by atoms with van der Waals surface area (Å²) in [5.41, 5.74) is 7.33. The van der Waals surface area contributed by atoms with Crippen LogP contribution in [0.4, 0.5) is 5.95 Å². The summed E-state index contributed by atoms with van der Waals surface area (Å²) in [6.45, 7) is 3.62. The van der Waals surface area contributed by atoms with Gasteiger partial charge < -0.3 is 5.73 Å². The summed E-state index contributed by atoms with van der Waals surface area (Å²) < 4.78 is 1.26. The van der Waals surface area contributed by atoms with Crippen molar-refractivity contribution in [2.24, 2.45) is 7.05 Å². The first-order chi connectivity index (χ1) is 7.00. The van der Waals surface area contributed by atoms with E-state index in [0.29, 0.717) is 5.65 Å². The van der Waals surface area contributed by atoms with Gasteiger partial charge in [-0.3, -0.25) is 9.36 Å². The summed E-state index contributed by atoms with van der Waals surface area (Å²) in [5.74, 6) is 0.144. The van der Waals surface area contributed by atoms with Crippen molar-refractivity contribution in [1.82, 2.24) is 19.5 Å². The average molecular weight is 205 g/mol. The molecule has 0 unspecified atom stereocenters. The van der Waals surface area contributed by atoms with Crippen LogP contribution in [0.1, 0.15) is 11.4 Å². The molecule has 2 heterocycles. The van der Waals surface area contributed by atoms with Crippen molar-refractivity contribution in [3.63, 3.8) is 0 Å². The zero-order valence-electron chi connectivity index (χ0n) is 8.77. The number of nitrogens with two attached hydrogens (primary N) is 1. The first-order valence-corrected chi connectivity index (χ1v) is 4.48. The Morgan fingerprint density at radius 2 is 1.73 bits per heavy atom. The largest absolute Gasteiger partial charge is 0.369 e. The lowest BCUT2D eigenvalue weighted by atomic mass is 10.3. The second-order valence-corrected chi connectivity index (χ2v) is 3.40. The molecule has 6 heteroatoms. The van der Waals surface area contributed by atoms with Crippen LogP contribution in [-0.4, -0.2) is 19.5 Å². The van der Waals surface area contributed by atoms with E-state index in [4.69, 9.17) is 5.73 Å². The second-order valence-electron chi connectivity index (χ2n) is 3.40. The first kappa shape index (κ1) is 9.57. The summed E-state index contributed by atoms with van der Waals surface area (Å²) in [5, 5.41) is 0. The van der Waals surface area contributed by atoms with Gasteiger partial charge in [0.15, 0.2) is 11.2 Å². The van der Waals surface area contributed by atoms with Gasteiger partial charge in [-0.2, -0.15) is 4.98 Å². The molecule has 0 saturated carbocycles. The topological polar surface area (TPSA) is 86.7 Å². The Hall–Kier alpha value is -1.98. The van der Waals surface area contributed by atoms with Crippen LogP contribution in [0.2, 0.25) is 0 Å². The minimum atomic E-state index is -0.270. The number of nitrogens with zero attached hydrogens (tertiary/aromatic N) is 4. The normalized spacial score (nSPS) is 10.9. The quantitative estimate of drug-likeness (QED) is 0.650. The van der Waals surface area contributed by atoms with Crippen LogP contribution in [0.3, 0.4) is 0 Å². The first-order valence-electron chi connectivity index (χ1n) is 4.48. The van der Waals surface area contributed by atoms with Gasteiger partial charge in [-0.15, -0.1) is 0 Å². The van der Waals surface area contributed by atoms with E-state index >= 15 is 0 Å². The van der Waals surface area contributed by atoms with Gasteiger partial charge in [0, 0.05) is 7.05 Å². The van der Waals surface area contributed by atoms with E-state index in [1.165, 1.54) is 4.57 Å². The van der Waals surface area contributed by atoms with E-state index in [2.05, 4.69) is 15.0 Å². The molecule has 0 amide bonds. The Morgan fingerprint density at radius 1 is 1.13 bits per heavy atom. The minimum absolute atomic E-state index is 0.144. The maximum absolute atomic E-state index is 11.8. The molecule has 0 radical (unpaired) electrons.